The van der Waals surface area contributed by atoms with Gasteiger partial charge < -0.3 is 5.32 Å². The zero-order valence-electron chi connectivity index (χ0n) is 11.5. The summed E-state index contributed by atoms with van der Waals surface area (Å²) >= 11 is 8.13. The summed E-state index contributed by atoms with van der Waals surface area (Å²) in [4.78, 5) is 4.55. The fraction of sp³-hybridized carbons (Fsp3) is 0.400. The van der Waals surface area contributed by atoms with Crippen molar-refractivity contribution >= 4 is 22.9 Å². The van der Waals surface area contributed by atoms with E-state index in [1.54, 1.807) is 11.3 Å². The lowest BCUT2D eigenvalue weighted by atomic mass is 10.00. The molecule has 0 amide bonds. The maximum Gasteiger partial charge on any atom is 0.0897 e. The number of halogens is 1. The zero-order valence-corrected chi connectivity index (χ0v) is 13.1. The number of nitrogens with zero attached hydrogens (tertiary/aromatic N) is 1. The highest BCUT2D eigenvalue weighted by molar-refractivity contribution is 7.09. The van der Waals surface area contributed by atoms with Gasteiger partial charge in [-0.2, -0.15) is 0 Å². The van der Waals surface area contributed by atoms with E-state index >= 15 is 0 Å². The molecular formula is C15H19ClN2S. The smallest absolute Gasteiger partial charge is 0.0897 e. The summed E-state index contributed by atoms with van der Waals surface area (Å²) in [6.07, 6.45) is 0.876. The Morgan fingerprint density at radius 1 is 1.37 bits per heavy atom. The highest BCUT2D eigenvalue weighted by atomic mass is 35.5. The standard InChI is InChI=1S/C15H19ClN2S/c1-4-17-14(8-12-9-19-11(3)18-12)13-7-5-6-10(2)15(13)16/h5-7,9,14,17H,4,8H2,1-3H3. The molecule has 1 aromatic heterocycles. The van der Waals surface area contributed by atoms with E-state index in [0.29, 0.717) is 0 Å². The number of hydrogen-bond acceptors (Lipinski definition) is 3. The van der Waals surface area contributed by atoms with Gasteiger partial charge in [0.1, 0.15) is 0 Å². The number of hydrogen-bond donors (Lipinski definition) is 1. The molecule has 0 aliphatic heterocycles. The molecule has 0 radical (unpaired) electrons. The molecule has 0 aliphatic carbocycles. The van der Waals surface area contributed by atoms with Crippen LogP contribution in [0.3, 0.4) is 0 Å². The Hall–Kier alpha value is -0.900. The third kappa shape index (κ3) is 3.56. The molecule has 0 bridgehead atoms. The third-order valence-electron chi connectivity index (χ3n) is 3.13. The summed E-state index contributed by atoms with van der Waals surface area (Å²) in [6.45, 7) is 7.11. The lowest BCUT2D eigenvalue weighted by Crippen LogP contribution is -2.23. The van der Waals surface area contributed by atoms with Crippen molar-refractivity contribution in [3.63, 3.8) is 0 Å². The van der Waals surface area contributed by atoms with E-state index in [9.17, 15) is 0 Å². The maximum atomic E-state index is 6.44. The largest absolute Gasteiger partial charge is 0.310 e. The molecule has 2 nitrogen and oxygen atoms in total. The van der Waals surface area contributed by atoms with E-state index < -0.39 is 0 Å². The normalized spacial score (nSPS) is 12.6. The second-order valence-corrected chi connectivity index (χ2v) is 6.09. The molecule has 2 aromatic rings. The van der Waals surface area contributed by atoms with Gasteiger partial charge in [-0.1, -0.05) is 36.7 Å². The van der Waals surface area contributed by atoms with E-state index in [1.165, 1.54) is 0 Å². The van der Waals surface area contributed by atoms with Crippen LogP contribution in [0.25, 0.3) is 0 Å². The quantitative estimate of drug-likeness (QED) is 0.889. The fourth-order valence-corrected chi connectivity index (χ4v) is 3.07. The highest BCUT2D eigenvalue weighted by Gasteiger charge is 2.16. The average Bonchev–Trinajstić information content (AvgIpc) is 2.78. The molecule has 4 heteroatoms. The van der Waals surface area contributed by atoms with Crippen LogP contribution in [-0.4, -0.2) is 11.5 Å². The van der Waals surface area contributed by atoms with E-state index in [0.717, 1.165) is 39.8 Å². The molecule has 102 valence electrons. The van der Waals surface area contributed by atoms with Gasteiger partial charge >= 0.3 is 0 Å². The van der Waals surface area contributed by atoms with Gasteiger partial charge in [0.25, 0.3) is 0 Å². The molecule has 0 saturated heterocycles. The molecule has 1 heterocycles. The Kier molecular flexibility index (Phi) is 4.97. The molecule has 0 fully saturated rings. The van der Waals surface area contributed by atoms with Crippen LogP contribution in [0.4, 0.5) is 0 Å². The lowest BCUT2D eigenvalue weighted by molar-refractivity contribution is 0.545. The first-order valence-electron chi connectivity index (χ1n) is 6.51. The first-order chi connectivity index (χ1) is 9.11. The molecule has 0 saturated carbocycles. The van der Waals surface area contributed by atoms with Crippen molar-refractivity contribution in [1.29, 1.82) is 0 Å². The Morgan fingerprint density at radius 2 is 2.16 bits per heavy atom. The molecule has 2 rings (SSSR count). The first kappa shape index (κ1) is 14.5. The monoisotopic (exact) mass is 294 g/mol. The lowest BCUT2D eigenvalue weighted by Gasteiger charge is -2.19. The summed E-state index contributed by atoms with van der Waals surface area (Å²) in [5.41, 5.74) is 3.41. The van der Waals surface area contributed by atoms with Crippen LogP contribution in [-0.2, 0) is 6.42 Å². The van der Waals surface area contributed by atoms with Crippen molar-refractivity contribution < 1.29 is 0 Å². The second-order valence-electron chi connectivity index (χ2n) is 4.65. The molecule has 1 aromatic carbocycles. The third-order valence-corrected chi connectivity index (χ3v) is 4.47. The van der Waals surface area contributed by atoms with Crippen LogP contribution >= 0.6 is 22.9 Å². The number of rotatable bonds is 5. The Labute approximate surface area is 123 Å². The summed E-state index contributed by atoms with van der Waals surface area (Å²) in [5, 5.41) is 7.61. The molecular weight excluding hydrogens is 276 g/mol. The van der Waals surface area contributed by atoms with Crippen LogP contribution in [0.5, 0.6) is 0 Å². The number of benzene rings is 1. The van der Waals surface area contributed by atoms with Gasteiger partial charge in [0.15, 0.2) is 0 Å². The van der Waals surface area contributed by atoms with E-state index in [1.807, 2.05) is 19.9 Å². The predicted octanol–water partition coefficient (Wildman–Crippen LogP) is 4.31. The van der Waals surface area contributed by atoms with Crippen molar-refractivity contribution in [3.05, 3.63) is 50.4 Å². The molecule has 0 spiro atoms. The molecule has 1 N–H and O–H groups in total. The van der Waals surface area contributed by atoms with E-state index in [2.05, 4.69) is 34.7 Å². The minimum Gasteiger partial charge on any atom is -0.310 e. The number of nitrogens with one attached hydrogen (secondary N) is 1. The molecule has 1 atom stereocenters. The first-order valence-corrected chi connectivity index (χ1v) is 7.77. The van der Waals surface area contributed by atoms with E-state index in [-0.39, 0.29) is 6.04 Å². The zero-order chi connectivity index (χ0) is 13.8. The van der Waals surface area contributed by atoms with Gasteiger partial charge in [-0.3, -0.25) is 0 Å². The summed E-state index contributed by atoms with van der Waals surface area (Å²) < 4.78 is 0. The highest BCUT2D eigenvalue weighted by Crippen LogP contribution is 2.28. The summed E-state index contributed by atoms with van der Waals surface area (Å²) in [5.74, 6) is 0. The van der Waals surface area contributed by atoms with Crippen LogP contribution in [0.1, 0.15) is 34.8 Å². The van der Waals surface area contributed by atoms with Crippen molar-refractivity contribution in [2.24, 2.45) is 0 Å². The minimum atomic E-state index is 0.221. The van der Waals surface area contributed by atoms with Crippen LogP contribution in [0, 0.1) is 13.8 Å². The molecule has 1 unspecified atom stereocenters. The van der Waals surface area contributed by atoms with Crippen LogP contribution in [0.15, 0.2) is 23.6 Å². The summed E-state index contributed by atoms with van der Waals surface area (Å²) in [7, 11) is 0. The average molecular weight is 295 g/mol. The summed E-state index contributed by atoms with van der Waals surface area (Å²) in [6, 6.07) is 6.43. The minimum absolute atomic E-state index is 0.221. The predicted molar refractivity (Wildman–Crippen MR) is 83.2 cm³/mol. The van der Waals surface area contributed by atoms with Crippen molar-refractivity contribution in [2.45, 2.75) is 33.2 Å². The van der Waals surface area contributed by atoms with Gasteiger partial charge in [-0.05, 0) is 31.5 Å². The van der Waals surface area contributed by atoms with Gasteiger partial charge in [0, 0.05) is 22.9 Å². The molecule has 0 aliphatic rings. The second kappa shape index (κ2) is 6.51. The Morgan fingerprint density at radius 3 is 2.79 bits per heavy atom. The number of likely N-dealkylation sites (N-methyl/N-ethyl adjacent to an activating group) is 1. The van der Waals surface area contributed by atoms with Gasteiger partial charge in [-0.25, -0.2) is 4.98 Å². The van der Waals surface area contributed by atoms with Crippen LogP contribution in [0.2, 0.25) is 5.02 Å². The van der Waals surface area contributed by atoms with Crippen LogP contribution < -0.4 is 5.32 Å². The van der Waals surface area contributed by atoms with Gasteiger partial charge in [0.2, 0.25) is 0 Å². The van der Waals surface area contributed by atoms with Crippen molar-refractivity contribution in [1.82, 2.24) is 10.3 Å². The van der Waals surface area contributed by atoms with E-state index in [4.69, 9.17) is 11.6 Å². The Bertz CT molecular complexity index is 551. The SMILES string of the molecule is CCNC(Cc1csc(C)n1)c1cccc(C)c1Cl. The van der Waals surface area contributed by atoms with Gasteiger partial charge in [-0.15, -0.1) is 11.3 Å². The number of aryl methyl sites for hydroxylation is 2. The maximum absolute atomic E-state index is 6.44. The number of thiazole rings is 1. The molecule has 19 heavy (non-hydrogen) atoms. The van der Waals surface area contributed by atoms with Crippen molar-refractivity contribution in [3.8, 4) is 0 Å². The number of aromatic nitrogens is 1. The topological polar surface area (TPSA) is 24.9 Å². The van der Waals surface area contributed by atoms with Crippen molar-refractivity contribution in [2.75, 3.05) is 6.54 Å². The fourth-order valence-electron chi connectivity index (χ4n) is 2.19. The van der Waals surface area contributed by atoms with Gasteiger partial charge in [0.05, 0.1) is 10.7 Å². The Balaban J connectivity index is 2.26.